The molecule has 0 spiro atoms. The number of hydrogen-bond donors (Lipinski definition) is 2. The summed E-state index contributed by atoms with van der Waals surface area (Å²) in [5, 5.41) is 12.3. The Morgan fingerprint density at radius 2 is 2.20 bits per heavy atom. The summed E-state index contributed by atoms with van der Waals surface area (Å²) in [5.74, 6) is -1.02. The molecule has 3 aromatic rings. The number of aromatic nitrogens is 3. The Hall–Kier alpha value is -2.89. The average molecular weight is 269 g/mol. The van der Waals surface area contributed by atoms with Crippen molar-refractivity contribution < 1.29 is 9.90 Å². The van der Waals surface area contributed by atoms with Gasteiger partial charge in [-0.2, -0.15) is 0 Å². The minimum atomic E-state index is -1.02. The van der Waals surface area contributed by atoms with Crippen molar-refractivity contribution in [2.75, 3.05) is 0 Å². The predicted octanol–water partition coefficient (Wildman–Crippen LogP) is 1.47. The van der Waals surface area contributed by atoms with E-state index in [0.29, 0.717) is 17.4 Å². The first-order chi connectivity index (χ1) is 9.65. The number of rotatable bonds is 3. The number of H-pyrrole nitrogens is 1. The zero-order chi connectivity index (χ0) is 14.1. The Balaban J connectivity index is 2.06. The highest BCUT2D eigenvalue weighted by atomic mass is 16.4. The van der Waals surface area contributed by atoms with E-state index in [1.54, 1.807) is 18.5 Å². The Kier molecular flexibility index (Phi) is 2.83. The van der Waals surface area contributed by atoms with Gasteiger partial charge in [-0.25, -0.2) is 9.48 Å². The van der Waals surface area contributed by atoms with Gasteiger partial charge in [0.2, 0.25) is 0 Å². The first-order valence-electron chi connectivity index (χ1n) is 6.00. The summed E-state index contributed by atoms with van der Waals surface area (Å²) in [6.45, 7) is 0.365. The van der Waals surface area contributed by atoms with Crippen molar-refractivity contribution in [3.05, 3.63) is 64.2 Å². The van der Waals surface area contributed by atoms with Gasteiger partial charge >= 0.3 is 5.97 Å². The molecule has 0 radical (unpaired) electrons. The highest BCUT2D eigenvalue weighted by Gasteiger charge is 2.10. The summed E-state index contributed by atoms with van der Waals surface area (Å²) in [7, 11) is 0. The number of nitrogens with zero attached hydrogens (tertiary/aromatic N) is 2. The van der Waals surface area contributed by atoms with E-state index in [1.165, 1.54) is 22.9 Å². The van der Waals surface area contributed by atoms with Gasteiger partial charge in [-0.3, -0.25) is 14.9 Å². The van der Waals surface area contributed by atoms with Crippen LogP contribution in [0.1, 0.15) is 15.9 Å². The van der Waals surface area contributed by atoms with Gasteiger partial charge in [-0.1, -0.05) is 6.07 Å². The number of hydrogen-bond acceptors (Lipinski definition) is 3. The number of fused-ring (bicyclic) bond motifs is 1. The molecule has 20 heavy (non-hydrogen) atoms. The van der Waals surface area contributed by atoms with Gasteiger partial charge in [0.05, 0.1) is 23.0 Å². The van der Waals surface area contributed by atoms with Crippen LogP contribution in [0.5, 0.6) is 0 Å². The molecule has 0 unspecified atom stereocenters. The normalized spacial score (nSPS) is 10.8. The van der Waals surface area contributed by atoms with Crippen LogP contribution in [-0.2, 0) is 6.54 Å². The largest absolute Gasteiger partial charge is 0.478 e. The van der Waals surface area contributed by atoms with E-state index < -0.39 is 5.97 Å². The second-order valence-electron chi connectivity index (χ2n) is 4.43. The number of carbonyl (C=O) groups is 1. The van der Waals surface area contributed by atoms with Crippen molar-refractivity contribution in [3.63, 3.8) is 0 Å². The smallest absolute Gasteiger partial charge is 0.335 e. The van der Waals surface area contributed by atoms with E-state index >= 15 is 0 Å². The number of pyridine rings is 1. The first-order valence-corrected chi connectivity index (χ1v) is 6.00. The molecule has 0 aliphatic rings. The molecule has 0 aliphatic heterocycles. The molecular formula is C14H11N3O3. The molecule has 2 heterocycles. The molecule has 0 aliphatic carbocycles. The fourth-order valence-corrected chi connectivity index (χ4v) is 2.08. The van der Waals surface area contributed by atoms with Gasteiger partial charge in [0.1, 0.15) is 0 Å². The molecular weight excluding hydrogens is 258 g/mol. The van der Waals surface area contributed by atoms with Crippen molar-refractivity contribution in [2.24, 2.45) is 0 Å². The van der Waals surface area contributed by atoms with Gasteiger partial charge < -0.3 is 5.11 Å². The van der Waals surface area contributed by atoms with Crippen molar-refractivity contribution in [1.82, 2.24) is 14.8 Å². The molecule has 0 saturated heterocycles. The third-order valence-electron chi connectivity index (χ3n) is 3.06. The van der Waals surface area contributed by atoms with E-state index in [9.17, 15) is 9.59 Å². The minimum absolute atomic E-state index is 0.146. The summed E-state index contributed by atoms with van der Waals surface area (Å²) in [6, 6.07) is 8.07. The molecule has 0 atom stereocenters. The molecule has 6 heteroatoms. The molecule has 6 nitrogen and oxygen atoms in total. The van der Waals surface area contributed by atoms with Crippen molar-refractivity contribution >= 4 is 16.9 Å². The number of carboxylic acids is 1. The maximum atomic E-state index is 12.2. The molecule has 0 fully saturated rings. The van der Waals surface area contributed by atoms with Gasteiger partial charge in [0, 0.05) is 12.4 Å². The molecule has 100 valence electrons. The minimum Gasteiger partial charge on any atom is -0.478 e. The van der Waals surface area contributed by atoms with E-state index in [4.69, 9.17) is 5.11 Å². The third kappa shape index (κ3) is 2.07. The lowest BCUT2D eigenvalue weighted by molar-refractivity contribution is 0.0697. The van der Waals surface area contributed by atoms with E-state index in [0.717, 1.165) is 5.56 Å². The Morgan fingerprint density at radius 1 is 1.35 bits per heavy atom. The molecule has 0 saturated carbocycles. The molecule has 0 amide bonds. The quantitative estimate of drug-likeness (QED) is 0.753. The standard InChI is InChI=1S/C14H11N3O3/c18-13-11-4-3-10(14(19)20)6-12(11)16-17(13)8-9-2-1-5-15-7-9/h1-7,16H,8H2,(H,19,20). The van der Waals surface area contributed by atoms with Crippen LogP contribution in [0.4, 0.5) is 0 Å². The van der Waals surface area contributed by atoms with Gasteiger partial charge in [-0.05, 0) is 29.8 Å². The number of benzene rings is 1. The molecule has 2 N–H and O–H groups in total. The first kappa shape index (κ1) is 12.2. The maximum Gasteiger partial charge on any atom is 0.335 e. The summed E-state index contributed by atoms with van der Waals surface area (Å²) in [6.07, 6.45) is 3.34. The lowest BCUT2D eigenvalue weighted by Crippen LogP contribution is -2.17. The second kappa shape index (κ2) is 4.65. The summed E-state index contributed by atoms with van der Waals surface area (Å²) >= 11 is 0. The van der Waals surface area contributed by atoms with Gasteiger partial charge in [0.15, 0.2) is 0 Å². The lowest BCUT2D eigenvalue weighted by Gasteiger charge is -2.00. The van der Waals surface area contributed by atoms with E-state index in [2.05, 4.69) is 10.1 Å². The number of carboxylic acid groups (broad SMARTS) is 1. The summed E-state index contributed by atoms with van der Waals surface area (Å²) in [5.41, 5.74) is 1.37. The van der Waals surface area contributed by atoms with Crippen LogP contribution in [0.3, 0.4) is 0 Å². The number of aromatic carboxylic acids is 1. The van der Waals surface area contributed by atoms with E-state index in [1.807, 2.05) is 6.07 Å². The van der Waals surface area contributed by atoms with E-state index in [-0.39, 0.29) is 11.1 Å². The molecule has 2 aromatic heterocycles. The fourth-order valence-electron chi connectivity index (χ4n) is 2.08. The van der Waals surface area contributed by atoms with Gasteiger partial charge in [0.25, 0.3) is 5.56 Å². The SMILES string of the molecule is O=C(O)c1ccc2c(=O)n(Cc3cccnc3)[nH]c2c1. The Morgan fingerprint density at radius 3 is 2.90 bits per heavy atom. The molecule has 1 aromatic carbocycles. The summed E-state index contributed by atoms with van der Waals surface area (Å²) in [4.78, 5) is 27.1. The monoisotopic (exact) mass is 269 g/mol. The van der Waals surface area contributed by atoms with Crippen LogP contribution in [-0.4, -0.2) is 25.8 Å². The van der Waals surface area contributed by atoms with Gasteiger partial charge in [-0.15, -0.1) is 0 Å². The van der Waals surface area contributed by atoms with Crippen molar-refractivity contribution in [2.45, 2.75) is 6.54 Å². The fraction of sp³-hybridized carbons (Fsp3) is 0.0714. The Labute approximate surface area is 113 Å². The lowest BCUT2D eigenvalue weighted by atomic mass is 10.2. The van der Waals surface area contributed by atoms with Crippen LogP contribution >= 0.6 is 0 Å². The average Bonchev–Trinajstić information content (AvgIpc) is 2.76. The number of aromatic amines is 1. The highest BCUT2D eigenvalue weighted by molar-refractivity contribution is 5.92. The molecule has 3 rings (SSSR count). The zero-order valence-corrected chi connectivity index (χ0v) is 10.4. The topological polar surface area (TPSA) is 88.0 Å². The van der Waals surface area contributed by atoms with Crippen LogP contribution in [0.15, 0.2) is 47.5 Å². The van der Waals surface area contributed by atoms with Crippen LogP contribution in [0.2, 0.25) is 0 Å². The highest BCUT2D eigenvalue weighted by Crippen LogP contribution is 2.11. The maximum absolute atomic E-state index is 12.2. The van der Waals surface area contributed by atoms with Crippen molar-refractivity contribution in [3.8, 4) is 0 Å². The predicted molar refractivity (Wildman–Crippen MR) is 72.9 cm³/mol. The van der Waals surface area contributed by atoms with Crippen LogP contribution in [0.25, 0.3) is 10.9 Å². The third-order valence-corrected chi connectivity index (χ3v) is 3.06. The zero-order valence-electron chi connectivity index (χ0n) is 10.4. The van der Waals surface area contributed by atoms with Crippen molar-refractivity contribution in [1.29, 1.82) is 0 Å². The molecule has 0 bridgehead atoms. The van der Waals surface area contributed by atoms with Crippen LogP contribution < -0.4 is 5.56 Å². The van der Waals surface area contributed by atoms with Crippen LogP contribution in [0, 0.1) is 0 Å². The Bertz CT molecular complexity index is 834. The second-order valence-corrected chi connectivity index (χ2v) is 4.43. The number of nitrogens with one attached hydrogen (secondary N) is 1. The summed E-state index contributed by atoms with van der Waals surface area (Å²) < 4.78 is 1.44.